The zero-order valence-corrected chi connectivity index (χ0v) is 16.1. The van der Waals surface area contributed by atoms with E-state index in [1.807, 2.05) is 47.4 Å². The zero-order chi connectivity index (χ0) is 18.5. The molecule has 3 rings (SSSR count). The van der Waals surface area contributed by atoms with Crippen LogP contribution in [0.2, 0.25) is 0 Å². The van der Waals surface area contributed by atoms with Gasteiger partial charge in [-0.25, -0.2) is 0 Å². The molecule has 2 aromatic carbocycles. The lowest BCUT2D eigenvalue weighted by Crippen LogP contribution is -2.47. The average molecular weight is 368 g/mol. The van der Waals surface area contributed by atoms with Crippen LogP contribution in [0.4, 0.5) is 5.69 Å². The summed E-state index contributed by atoms with van der Waals surface area (Å²) < 4.78 is 0. The number of nitrogens with zero attached hydrogens (tertiary/aromatic N) is 1. The number of hydrogen-bond acceptors (Lipinski definition) is 2. The Balaban J connectivity index is 1.50. The molecule has 26 heavy (non-hydrogen) atoms. The third kappa shape index (κ3) is 4.41. The summed E-state index contributed by atoms with van der Waals surface area (Å²) in [4.78, 5) is 14.4. The monoisotopic (exact) mass is 367 g/mol. The lowest BCUT2D eigenvalue weighted by Gasteiger charge is -2.33. The molecule has 2 N–H and O–H groups in total. The van der Waals surface area contributed by atoms with Gasteiger partial charge in [-0.3, -0.25) is 4.79 Å². The minimum atomic E-state index is 0.111. The highest BCUT2D eigenvalue weighted by atomic mass is 32.1. The second-order valence-electron chi connectivity index (χ2n) is 6.78. The Labute approximate surface area is 160 Å². The van der Waals surface area contributed by atoms with Crippen molar-refractivity contribution in [3.8, 4) is 0 Å². The van der Waals surface area contributed by atoms with Gasteiger partial charge in [0.25, 0.3) is 5.91 Å². The van der Waals surface area contributed by atoms with E-state index in [9.17, 15) is 4.79 Å². The van der Waals surface area contributed by atoms with E-state index in [4.69, 9.17) is 12.2 Å². The molecule has 1 heterocycles. The van der Waals surface area contributed by atoms with Crippen molar-refractivity contribution in [2.75, 3.05) is 18.4 Å². The normalized spacial score (nSPS) is 14.8. The van der Waals surface area contributed by atoms with Crippen LogP contribution in [0.1, 0.15) is 34.3 Å². The van der Waals surface area contributed by atoms with Gasteiger partial charge in [0, 0.05) is 30.4 Å². The summed E-state index contributed by atoms with van der Waals surface area (Å²) in [6, 6.07) is 15.9. The molecule has 1 aliphatic heterocycles. The Morgan fingerprint density at radius 3 is 2.42 bits per heavy atom. The number of benzene rings is 2. The van der Waals surface area contributed by atoms with Gasteiger partial charge in [-0.1, -0.05) is 30.3 Å². The van der Waals surface area contributed by atoms with E-state index in [1.165, 1.54) is 11.1 Å². The first-order valence-electron chi connectivity index (χ1n) is 9.02. The van der Waals surface area contributed by atoms with Gasteiger partial charge in [0.2, 0.25) is 0 Å². The third-order valence-corrected chi connectivity index (χ3v) is 5.21. The minimum Gasteiger partial charge on any atom is -0.360 e. The van der Waals surface area contributed by atoms with Gasteiger partial charge in [0.1, 0.15) is 0 Å². The summed E-state index contributed by atoms with van der Waals surface area (Å²) in [5, 5.41) is 7.34. The Morgan fingerprint density at radius 1 is 1.04 bits per heavy atom. The summed E-state index contributed by atoms with van der Waals surface area (Å²) in [5.74, 6) is 0.111. The number of anilines is 1. The van der Waals surface area contributed by atoms with Gasteiger partial charge in [0.15, 0.2) is 5.11 Å². The highest BCUT2D eigenvalue weighted by Gasteiger charge is 2.23. The van der Waals surface area contributed by atoms with Crippen LogP contribution in [0.25, 0.3) is 0 Å². The molecule has 136 valence electrons. The van der Waals surface area contributed by atoms with Crippen molar-refractivity contribution < 1.29 is 4.79 Å². The number of aryl methyl sites for hydroxylation is 1. The maximum Gasteiger partial charge on any atom is 0.253 e. The average Bonchev–Trinajstić information content (AvgIpc) is 2.66. The lowest BCUT2D eigenvalue weighted by atomic mass is 10.0. The van der Waals surface area contributed by atoms with Crippen molar-refractivity contribution in [3.63, 3.8) is 0 Å². The van der Waals surface area contributed by atoms with Crippen LogP contribution in [0.5, 0.6) is 0 Å². The fourth-order valence-corrected chi connectivity index (χ4v) is 3.50. The molecule has 0 saturated carbocycles. The lowest BCUT2D eigenvalue weighted by molar-refractivity contribution is 0.0710. The van der Waals surface area contributed by atoms with Crippen LogP contribution in [0.3, 0.4) is 0 Å². The van der Waals surface area contributed by atoms with E-state index < -0.39 is 0 Å². The number of thiocarbonyl (C=S) groups is 1. The Hall–Kier alpha value is -2.40. The van der Waals surface area contributed by atoms with Gasteiger partial charge < -0.3 is 15.5 Å². The van der Waals surface area contributed by atoms with E-state index in [2.05, 4.69) is 30.5 Å². The molecule has 1 amide bonds. The Kier molecular flexibility index (Phi) is 5.89. The summed E-state index contributed by atoms with van der Waals surface area (Å²) in [7, 11) is 0. The number of likely N-dealkylation sites (tertiary alicyclic amines) is 1. The standard InChI is InChI=1S/C21H25N3OS/c1-15-7-6-10-19(16(15)2)23-21(26)22-18-11-13-24(14-12-18)20(25)17-8-4-3-5-9-17/h3-10,18H,11-14H2,1-2H3,(H2,22,23,26). The minimum absolute atomic E-state index is 0.111. The van der Waals surface area contributed by atoms with Crippen molar-refractivity contribution in [2.45, 2.75) is 32.7 Å². The quantitative estimate of drug-likeness (QED) is 0.808. The van der Waals surface area contributed by atoms with Crippen molar-refractivity contribution in [1.29, 1.82) is 0 Å². The van der Waals surface area contributed by atoms with E-state index >= 15 is 0 Å². The molecule has 0 bridgehead atoms. The Bertz CT molecular complexity index is 783. The summed E-state index contributed by atoms with van der Waals surface area (Å²) >= 11 is 5.47. The molecule has 0 aromatic heterocycles. The summed E-state index contributed by atoms with van der Waals surface area (Å²) in [6.45, 7) is 5.68. The molecule has 0 aliphatic carbocycles. The van der Waals surface area contributed by atoms with Crippen molar-refractivity contribution in [1.82, 2.24) is 10.2 Å². The number of rotatable bonds is 3. The highest BCUT2D eigenvalue weighted by Crippen LogP contribution is 2.18. The SMILES string of the molecule is Cc1cccc(NC(=S)NC2CCN(C(=O)c3ccccc3)CC2)c1C. The van der Waals surface area contributed by atoms with Crippen LogP contribution in [0, 0.1) is 13.8 Å². The molecule has 0 atom stereocenters. The molecule has 1 aliphatic rings. The topological polar surface area (TPSA) is 44.4 Å². The largest absolute Gasteiger partial charge is 0.360 e. The first-order chi connectivity index (χ1) is 12.5. The van der Waals surface area contributed by atoms with Crippen molar-refractivity contribution in [3.05, 3.63) is 65.2 Å². The molecule has 0 spiro atoms. The van der Waals surface area contributed by atoms with Gasteiger partial charge in [-0.2, -0.15) is 0 Å². The number of carbonyl (C=O) groups is 1. The zero-order valence-electron chi connectivity index (χ0n) is 15.3. The predicted molar refractivity (Wildman–Crippen MR) is 111 cm³/mol. The molecule has 4 nitrogen and oxygen atoms in total. The molecule has 0 radical (unpaired) electrons. The number of piperidine rings is 1. The fraction of sp³-hybridized carbons (Fsp3) is 0.333. The van der Waals surface area contributed by atoms with E-state index in [0.29, 0.717) is 11.2 Å². The number of carbonyl (C=O) groups excluding carboxylic acids is 1. The molecule has 1 saturated heterocycles. The van der Waals surface area contributed by atoms with Crippen LogP contribution in [0.15, 0.2) is 48.5 Å². The van der Waals surface area contributed by atoms with Crippen LogP contribution >= 0.6 is 12.2 Å². The first kappa shape index (κ1) is 18.4. The highest BCUT2D eigenvalue weighted by molar-refractivity contribution is 7.80. The maximum atomic E-state index is 12.5. The van der Waals surface area contributed by atoms with Crippen molar-refractivity contribution in [2.24, 2.45) is 0 Å². The van der Waals surface area contributed by atoms with Gasteiger partial charge in [-0.15, -0.1) is 0 Å². The molecule has 5 heteroatoms. The van der Waals surface area contributed by atoms with Gasteiger partial charge >= 0.3 is 0 Å². The van der Waals surface area contributed by atoms with E-state index in [1.54, 1.807) is 0 Å². The summed E-state index contributed by atoms with van der Waals surface area (Å²) in [5.41, 5.74) is 4.25. The van der Waals surface area contributed by atoms with Crippen LogP contribution in [-0.4, -0.2) is 35.1 Å². The number of nitrogens with one attached hydrogen (secondary N) is 2. The smallest absolute Gasteiger partial charge is 0.253 e. The second kappa shape index (κ2) is 8.32. The van der Waals surface area contributed by atoms with Crippen molar-refractivity contribution >= 4 is 28.9 Å². The second-order valence-corrected chi connectivity index (χ2v) is 7.19. The van der Waals surface area contributed by atoms with Crippen LogP contribution < -0.4 is 10.6 Å². The molecular formula is C21H25N3OS. The van der Waals surface area contributed by atoms with Crippen LogP contribution in [-0.2, 0) is 0 Å². The molecular weight excluding hydrogens is 342 g/mol. The third-order valence-electron chi connectivity index (χ3n) is 4.99. The maximum absolute atomic E-state index is 12.5. The predicted octanol–water partition coefficient (Wildman–Crippen LogP) is 3.89. The summed E-state index contributed by atoms with van der Waals surface area (Å²) in [6.07, 6.45) is 1.79. The molecule has 2 aromatic rings. The number of hydrogen-bond donors (Lipinski definition) is 2. The fourth-order valence-electron chi connectivity index (χ4n) is 3.22. The van der Waals surface area contributed by atoms with Gasteiger partial charge in [-0.05, 0) is 68.2 Å². The van der Waals surface area contributed by atoms with Gasteiger partial charge in [0.05, 0.1) is 0 Å². The molecule has 1 fully saturated rings. The Morgan fingerprint density at radius 2 is 1.73 bits per heavy atom. The van der Waals surface area contributed by atoms with E-state index in [0.717, 1.165) is 37.2 Å². The first-order valence-corrected chi connectivity index (χ1v) is 9.43. The van der Waals surface area contributed by atoms with E-state index in [-0.39, 0.29) is 5.91 Å². The molecule has 0 unspecified atom stereocenters. The number of amides is 1.